The molecule has 0 aliphatic heterocycles. The molecule has 1 aromatic rings. The van der Waals surface area contributed by atoms with Crippen LogP contribution in [-0.2, 0) is 11.2 Å². The second kappa shape index (κ2) is 6.48. The maximum atomic E-state index is 11.5. The Labute approximate surface area is 105 Å². The lowest BCUT2D eigenvalue weighted by molar-refractivity contribution is -0.384. The molecule has 6 nitrogen and oxygen atoms in total. The van der Waals surface area contributed by atoms with Crippen molar-refractivity contribution in [3.63, 3.8) is 0 Å². The Morgan fingerprint density at radius 3 is 2.56 bits per heavy atom. The molecule has 0 aromatic heterocycles. The molecule has 0 atom stereocenters. The molecule has 0 spiro atoms. The number of carbonyl (C=O) groups is 1. The van der Waals surface area contributed by atoms with Crippen molar-refractivity contribution in [3.05, 3.63) is 39.9 Å². The molecule has 1 amide bonds. The van der Waals surface area contributed by atoms with Crippen LogP contribution in [-0.4, -0.2) is 17.0 Å². The number of hydrogen-bond donors (Lipinski definition) is 1. The Hall–Kier alpha value is -2.24. The van der Waals surface area contributed by atoms with E-state index < -0.39 is 4.92 Å². The van der Waals surface area contributed by atoms with Crippen LogP contribution in [0.2, 0.25) is 0 Å². The number of nitrogens with one attached hydrogen (secondary N) is 1. The van der Waals surface area contributed by atoms with Crippen LogP contribution >= 0.6 is 0 Å². The SMILES string of the molecule is CC(C)C=NNC(=O)Cc1ccc([N+](=O)[O-])cc1. The summed E-state index contributed by atoms with van der Waals surface area (Å²) in [5.41, 5.74) is 3.11. The highest BCUT2D eigenvalue weighted by molar-refractivity contribution is 5.79. The maximum Gasteiger partial charge on any atom is 0.269 e. The number of nitro groups is 1. The van der Waals surface area contributed by atoms with Gasteiger partial charge in [0.2, 0.25) is 5.91 Å². The minimum absolute atomic E-state index is 0.0111. The first-order chi connectivity index (χ1) is 8.49. The highest BCUT2D eigenvalue weighted by Crippen LogP contribution is 2.12. The lowest BCUT2D eigenvalue weighted by Crippen LogP contribution is -2.20. The fraction of sp³-hybridized carbons (Fsp3) is 0.333. The largest absolute Gasteiger partial charge is 0.273 e. The zero-order valence-corrected chi connectivity index (χ0v) is 10.3. The molecule has 0 saturated heterocycles. The molecule has 0 fully saturated rings. The molecule has 1 N–H and O–H groups in total. The second-order valence-corrected chi connectivity index (χ2v) is 4.16. The van der Waals surface area contributed by atoms with Gasteiger partial charge in [0, 0.05) is 18.3 Å². The van der Waals surface area contributed by atoms with Crippen LogP contribution in [0, 0.1) is 16.0 Å². The standard InChI is InChI=1S/C12H15N3O3/c1-9(2)8-13-14-12(16)7-10-3-5-11(6-4-10)15(17)18/h3-6,8-9H,7H2,1-2H3,(H,14,16). The first-order valence-corrected chi connectivity index (χ1v) is 5.54. The molecule has 1 rings (SSSR count). The summed E-state index contributed by atoms with van der Waals surface area (Å²) in [6, 6.07) is 5.87. The summed E-state index contributed by atoms with van der Waals surface area (Å²) in [7, 11) is 0. The van der Waals surface area contributed by atoms with Gasteiger partial charge in [-0.3, -0.25) is 14.9 Å². The van der Waals surface area contributed by atoms with Crippen molar-refractivity contribution < 1.29 is 9.72 Å². The Kier molecular flexibility index (Phi) is 4.98. The van der Waals surface area contributed by atoms with Gasteiger partial charge in [0.15, 0.2) is 0 Å². The summed E-state index contributed by atoms with van der Waals surface area (Å²) in [4.78, 5) is 21.4. The molecule has 96 valence electrons. The number of nitrogens with zero attached hydrogens (tertiary/aromatic N) is 2. The number of carbonyl (C=O) groups excluding carboxylic acids is 1. The van der Waals surface area contributed by atoms with Crippen molar-refractivity contribution in [1.82, 2.24) is 5.43 Å². The maximum absolute atomic E-state index is 11.5. The van der Waals surface area contributed by atoms with Crippen LogP contribution in [0.5, 0.6) is 0 Å². The molecular formula is C12H15N3O3. The van der Waals surface area contributed by atoms with Gasteiger partial charge in [0.1, 0.15) is 0 Å². The van der Waals surface area contributed by atoms with Crippen LogP contribution in [0.25, 0.3) is 0 Å². The van der Waals surface area contributed by atoms with E-state index in [1.807, 2.05) is 13.8 Å². The smallest absolute Gasteiger partial charge is 0.269 e. The summed E-state index contributed by atoms with van der Waals surface area (Å²) >= 11 is 0. The van der Waals surface area contributed by atoms with Crippen molar-refractivity contribution in [1.29, 1.82) is 0 Å². The normalized spacial score (nSPS) is 10.8. The lowest BCUT2D eigenvalue weighted by atomic mass is 10.1. The van der Waals surface area contributed by atoms with Gasteiger partial charge in [-0.25, -0.2) is 5.43 Å². The monoisotopic (exact) mass is 249 g/mol. The van der Waals surface area contributed by atoms with Gasteiger partial charge in [0.05, 0.1) is 11.3 Å². The summed E-state index contributed by atoms with van der Waals surface area (Å²) in [6.45, 7) is 3.90. The van der Waals surface area contributed by atoms with Gasteiger partial charge in [-0.2, -0.15) is 5.10 Å². The van der Waals surface area contributed by atoms with E-state index in [1.165, 1.54) is 12.1 Å². The summed E-state index contributed by atoms with van der Waals surface area (Å²) in [5.74, 6) is 0.0189. The Morgan fingerprint density at radius 1 is 1.44 bits per heavy atom. The van der Waals surface area contributed by atoms with Crippen molar-refractivity contribution >= 4 is 17.8 Å². The van der Waals surface area contributed by atoms with Gasteiger partial charge < -0.3 is 0 Å². The van der Waals surface area contributed by atoms with E-state index in [-0.39, 0.29) is 23.9 Å². The van der Waals surface area contributed by atoms with E-state index in [9.17, 15) is 14.9 Å². The average Bonchev–Trinajstić information content (AvgIpc) is 2.29. The third-order valence-electron chi connectivity index (χ3n) is 2.07. The molecule has 0 saturated carbocycles. The summed E-state index contributed by atoms with van der Waals surface area (Å²) in [5, 5.41) is 14.2. The first-order valence-electron chi connectivity index (χ1n) is 5.54. The molecule has 1 aromatic carbocycles. The van der Waals surface area contributed by atoms with Gasteiger partial charge >= 0.3 is 0 Å². The van der Waals surface area contributed by atoms with Gasteiger partial charge in [0.25, 0.3) is 5.69 Å². The molecule has 0 aliphatic carbocycles. The third kappa shape index (κ3) is 4.73. The zero-order valence-electron chi connectivity index (χ0n) is 10.3. The highest BCUT2D eigenvalue weighted by atomic mass is 16.6. The molecule has 18 heavy (non-hydrogen) atoms. The number of amides is 1. The number of nitro benzene ring substituents is 1. The number of benzene rings is 1. The predicted octanol–water partition coefficient (Wildman–Crippen LogP) is 1.90. The van der Waals surface area contributed by atoms with Crippen molar-refractivity contribution in [3.8, 4) is 0 Å². The molecule has 0 unspecified atom stereocenters. The fourth-order valence-corrected chi connectivity index (χ4v) is 1.22. The van der Waals surface area contributed by atoms with Gasteiger partial charge in [-0.1, -0.05) is 26.0 Å². The van der Waals surface area contributed by atoms with E-state index >= 15 is 0 Å². The van der Waals surface area contributed by atoms with E-state index in [0.29, 0.717) is 5.56 Å². The summed E-state index contributed by atoms with van der Waals surface area (Å²) < 4.78 is 0. The van der Waals surface area contributed by atoms with Crippen LogP contribution in [0.15, 0.2) is 29.4 Å². The van der Waals surface area contributed by atoms with Crippen molar-refractivity contribution in [2.75, 3.05) is 0 Å². The Morgan fingerprint density at radius 2 is 2.06 bits per heavy atom. The molecule has 6 heteroatoms. The van der Waals surface area contributed by atoms with E-state index in [0.717, 1.165) is 0 Å². The molecule has 0 radical (unpaired) electrons. The highest BCUT2D eigenvalue weighted by Gasteiger charge is 2.06. The first kappa shape index (κ1) is 13.8. The number of hydrazone groups is 1. The third-order valence-corrected chi connectivity index (χ3v) is 2.07. The van der Waals surface area contributed by atoms with Gasteiger partial charge in [-0.15, -0.1) is 0 Å². The lowest BCUT2D eigenvalue weighted by Gasteiger charge is -2.00. The minimum Gasteiger partial charge on any atom is -0.273 e. The fourth-order valence-electron chi connectivity index (χ4n) is 1.22. The number of rotatable bonds is 5. The number of hydrogen-bond acceptors (Lipinski definition) is 4. The molecule has 0 bridgehead atoms. The van der Waals surface area contributed by atoms with Crippen LogP contribution in [0.4, 0.5) is 5.69 Å². The topological polar surface area (TPSA) is 84.6 Å². The van der Waals surface area contributed by atoms with E-state index in [1.54, 1.807) is 18.3 Å². The summed E-state index contributed by atoms with van der Waals surface area (Å²) in [6.07, 6.45) is 1.78. The van der Waals surface area contributed by atoms with E-state index in [2.05, 4.69) is 10.5 Å². The van der Waals surface area contributed by atoms with Crippen molar-refractivity contribution in [2.24, 2.45) is 11.0 Å². The predicted molar refractivity (Wildman–Crippen MR) is 68.3 cm³/mol. The Bertz CT molecular complexity index is 452. The van der Waals surface area contributed by atoms with Gasteiger partial charge in [-0.05, 0) is 11.5 Å². The minimum atomic E-state index is -0.475. The van der Waals surface area contributed by atoms with Crippen LogP contribution in [0.1, 0.15) is 19.4 Å². The van der Waals surface area contributed by atoms with Crippen LogP contribution < -0.4 is 5.43 Å². The molecular weight excluding hydrogens is 234 g/mol. The molecule has 0 aliphatic rings. The van der Waals surface area contributed by atoms with E-state index in [4.69, 9.17) is 0 Å². The average molecular weight is 249 g/mol. The van der Waals surface area contributed by atoms with Crippen LogP contribution in [0.3, 0.4) is 0 Å². The number of non-ortho nitro benzene ring substituents is 1. The zero-order chi connectivity index (χ0) is 13.5. The Balaban J connectivity index is 2.52. The van der Waals surface area contributed by atoms with Crippen molar-refractivity contribution in [2.45, 2.75) is 20.3 Å². The second-order valence-electron chi connectivity index (χ2n) is 4.16. The molecule has 0 heterocycles. The quantitative estimate of drug-likeness (QED) is 0.491.